The normalized spacial score (nSPS) is 14.2. The summed E-state index contributed by atoms with van der Waals surface area (Å²) in [5.41, 5.74) is 1.66. The topological polar surface area (TPSA) is 47.6 Å². The van der Waals surface area contributed by atoms with E-state index < -0.39 is 0 Å². The summed E-state index contributed by atoms with van der Waals surface area (Å²) in [6.45, 7) is 3.55. The zero-order chi connectivity index (χ0) is 16.2. The number of amides is 1. The summed E-state index contributed by atoms with van der Waals surface area (Å²) in [6, 6.07) is 13.4. The van der Waals surface area contributed by atoms with Crippen molar-refractivity contribution in [3.05, 3.63) is 58.6 Å². The second-order valence-electron chi connectivity index (χ2n) is 5.50. The Bertz CT molecular complexity index is 703. The fourth-order valence-corrected chi connectivity index (χ4v) is 2.75. The maximum atomic E-state index is 12.4. The molecule has 1 aliphatic rings. The van der Waals surface area contributed by atoms with E-state index in [2.05, 4.69) is 24.4 Å². The molecule has 1 aliphatic heterocycles. The highest BCUT2D eigenvalue weighted by molar-refractivity contribution is 6.32. The molecule has 2 aromatic carbocycles. The Morgan fingerprint density at radius 2 is 1.96 bits per heavy atom. The summed E-state index contributed by atoms with van der Waals surface area (Å²) in [7, 11) is 0. The summed E-state index contributed by atoms with van der Waals surface area (Å²) in [5.74, 6) is 1.08. The van der Waals surface area contributed by atoms with Crippen LogP contribution in [0.25, 0.3) is 0 Å². The second-order valence-corrected chi connectivity index (χ2v) is 5.91. The first kappa shape index (κ1) is 15.7. The molecule has 0 aliphatic carbocycles. The molecule has 1 amide bonds. The van der Waals surface area contributed by atoms with Crippen LogP contribution in [0.2, 0.25) is 5.02 Å². The van der Waals surface area contributed by atoms with Crippen LogP contribution >= 0.6 is 11.6 Å². The van der Waals surface area contributed by atoms with E-state index in [1.165, 1.54) is 5.56 Å². The fraction of sp³-hybridized carbons (Fsp3) is 0.278. The summed E-state index contributed by atoms with van der Waals surface area (Å²) in [5, 5.41) is 3.33. The van der Waals surface area contributed by atoms with Gasteiger partial charge >= 0.3 is 0 Å². The number of benzene rings is 2. The smallest absolute Gasteiger partial charge is 0.251 e. The minimum absolute atomic E-state index is 0.174. The number of ether oxygens (including phenoxy) is 2. The summed E-state index contributed by atoms with van der Waals surface area (Å²) >= 11 is 6.17. The lowest BCUT2D eigenvalue weighted by Gasteiger charge is -2.20. The van der Waals surface area contributed by atoms with Gasteiger partial charge < -0.3 is 14.8 Å². The molecule has 23 heavy (non-hydrogen) atoms. The van der Waals surface area contributed by atoms with Crippen molar-refractivity contribution < 1.29 is 14.3 Å². The minimum Gasteiger partial charge on any atom is -0.486 e. The molecule has 3 rings (SSSR count). The quantitative estimate of drug-likeness (QED) is 0.930. The molecule has 120 valence electrons. The summed E-state index contributed by atoms with van der Waals surface area (Å²) < 4.78 is 11.0. The van der Waals surface area contributed by atoms with Crippen molar-refractivity contribution in [3.63, 3.8) is 0 Å². The molecule has 1 atom stereocenters. The second kappa shape index (κ2) is 6.92. The molecule has 1 N–H and O–H groups in total. The Kier molecular flexibility index (Phi) is 4.72. The SMILES string of the molecule is C[C@@H](CNC(=O)c1cc(Cl)c2c(c1)OCCO2)c1ccccc1. The molecule has 2 aromatic rings. The number of halogens is 1. The Hall–Kier alpha value is -2.20. The maximum Gasteiger partial charge on any atom is 0.251 e. The summed E-state index contributed by atoms with van der Waals surface area (Å²) in [4.78, 5) is 12.4. The zero-order valence-corrected chi connectivity index (χ0v) is 13.6. The van der Waals surface area contributed by atoms with Gasteiger partial charge in [-0.05, 0) is 23.6 Å². The highest BCUT2D eigenvalue weighted by Crippen LogP contribution is 2.38. The number of fused-ring (bicyclic) bond motifs is 1. The molecular weight excluding hydrogens is 314 g/mol. The van der Waals surface area contributed by atoms with Gasteiger partial charge in [-0.25, -0.2) is 0 Å². The predicted octanol–water partition coefficient (Wildman–Crippen LogP) is 3.64. The average Bonchev–Trinajstić information content (AvgIpc) is 2.60. The number of rotatable bonds is 4. The first-order valence-electron chi connectivity index (χ1n) is 7.57. The Morgan fingerprint density at radius 1 is 1.22 bits per heavy atom. The van der Waals surface area contributed by atoms with Crippen molar-refractivity contribution in [2.75, 3.05) is 19.8 Å². The van der Waals surface area contributed by atoms with E-state index in [1.807, 2.05) is 18.2 Å². The lowest BCUT2D eigenvalue weighted by molar-refractivity contribution is 0.0950. The molecule has 0 spiro atoms. The first-order valence-corrected chi connectivity index (χ1v) is 7.95. The zero-order valence-electron chi connectivity index (χ0n) is 12.8. The van der Waals surface area contributed by atoms with Gasteiger partial charge in [-0.3, -0.25) is 4.79 Å². The molecule has 0 saturated carbocycles. The van der Waals surface area contributed by atoms with Gasteiger partial charge in [0.15, 0.2) is 11.5 Å². The lowest BCUT2D eigenvalue weighted by atomic mass is 10.0. The third-order valence-electron chi connectivity index (χ3n) is 3.80. The van der Waals surface area contributed by atoms with Crippen LogP contribution in [0.1, 0.15) is 28.8 Å². The van der Waals surface area contributed by atoms with Crippen molar-refractivity contribution >= 4 is 17.5 Å². The molecule has 0 aromatic heterocycles. The fourth-order valence-electron chi connectivity index (χ4n) is 2.49. The van der Waals surface area contributed by atoms with Gasteiger partial charge in [0, 0.05) is 12.1 Å². The Morgan fingerprint density at radius 3 is 2.74 bits per heavy atom. The van der Waals surface area contributed by atoms with E-state index in [0.717, 1.165) is 0 Å². The Labute approximate surface area is 140 Å². The van der Waals surface area contributed by atoms with Crippen LogP contribution in [0.15, 0.2) is 42.5 Å². The maximum absolute atomic E-state index is 12.4. The highest BCUT2D eigenvalue weighted by atomic mass is 35.5. The Balaban J connectivity index is 1.68. The lowest BCUT2D eigenvalue weighted by Crippen LogP contribution is -2.27. The molecule has 0 unspecified atom stereocenters. The number of carbonyl (C=O) groups is 1. The highest BCUT2D eigenvalue weighted by Gasteiger charge is 2.19. The standard InChI is InChI=1S/C18H18ClNO3/c1-12(13-5-3-2-4-6-13)11-20-18(21)14-9-15(19)17-16(10-14)22-7-8-23-17/h2-6,9-10,12H,7-8,11H2,1H3,(H,20,21)/t12-/m0/s1. The van der Waals surface area contributed by atoms with Crippen LogP contribution in [0.5, 0.6) is 11.5 Å². The average molecular weight is 332 g/mol. The molecule has 0 fully saturated rings. The van der Waals surface area contributed by atoms with E-state index in [9.17, 15) is 4.79 Å². The number of carbonyl (C=O) groups excluding carboxylic acids is 1. The van der Waals surface area contributed by atoms with Crippen LogP contribution in [-0.2, 0) is 0 Å². The molecule has 0 saturated heterocycles. The van der Waals surface area contributed by atoms with Gasteiger partial charge in [0.2, 0.25) is 0 Å². The van der Waals surface area contributed by atoms with E-state index in [4.69, 9.17) is 21.1 Å². The molecule has 1 heterocycles. The van der Waals surface area contributed by atoms with E-state index in [0.29, 0.717) is 41.8 Å². The number of hydrogen-bond acceptors (Lipinski definition) is 3. The van der Waals surface area contributed by atoms with Gasteiger partial charge in [-0.1, -0.05) is 48.9 Å². The van der Waals surface area contributed by atoms with Crippen molar-refractivity contribution in [2.45, 2.75) is 12.8 Å². The third kappa shape index (κ3) is 3.59. The monoisotopic (exact) mass is 331 g/mol. The van der Waals surface area contributed by atoms with Crippen LogP contribution in [0.3, 0.4) is 0 Å². The van der Waals surface area contributed by atoms with Gasteiger partial charge in [0.05, 0.1) is 5.02 Å². The molecular formula is C18H18ClNO3. The molecule has 4 nitrogen and oxygen atoms in total. The van der Waals surface area contributed by atoms with Crippen molar-refractivity contribution in [1.29, 1.82) is 0 Å². The van der Waals surface area contributed by atoms with E-state index >= 15 is 0 Å². The van der Waals surface area contributed by atoms with Gasteiger partial charge in [-0.2, -0.15) is 0 Å². The third-order valence-corrected chi connectivity index (χ3v) is 4.08. The predicted molar refractivity (Wildman–Crippen MR) is 89.6 cm³/mol. The van der Waals surface area contributed by atoms with E-state index in [1.54, 1.807) is 12.1 Å². The number of nitrogens with one attached hydrogen (secondary N) is 1. The van der Waals surface area contributed by atoms with Crippen molar-refractivity contribution in [1.82, 2.24) is 5.32 Å². The largest absolute Gasteiger partial charge is 0.486 e. The summed E-state index contributed by atoms with van der Waals surface area (Å²) in [6.07, 6.45) is 0. The van der Waals surface area contributed by atoms with Crippen molar-refractivity contribution in [3.8, 4) is 11.5 Å². The minimum atomic E-state index is -0.174. The van der Waals surface area contributed by atoms with E-state index in [-0.39, 0.29) is 11.8 Å². The van der Waals surface area contributed by atoms with Crippen LogP contribution in [0.4, 0.5) is 0 Å². The van der Waals surface area contributed by atoms with Gasteiger partial charge in [0.25, 0.3) is 5.91 Å². The first-order chi connectivity index (χ1) is 11.1. The van der Waals surface area contributed by atoms with Crippen LogP contribution < -0.4 is 14.8 Å². The molecule has 0 bridgehead atoms. The van der Waals surface area contributed by atoms with Gasteiger partial charge in [-0.15, -0.1) is 0 Å². The van der Waals surface area contributed by atoms with Crippen LogP contribution in [0, 0.1) is 0 Å². The van der Waals surface area contributed by atoms with Crippen LogP contribution in [-0.4, -0.2) is 25.7 Å². The van der Waals surface area contributed by atoms with Crippen molar-refractivity contribution in [2.24, 2.45) is 0 Å². The van der Waals surface area contributed by atoms with Gasteiger partial charge in [0.1, 0.15) is 13.2 Å². The number of hydrogen-bond donors (Lipinski definition) is 1. The molecule has 5 heteroatoms. The molecule has 0 radical (unpaired) electrons.